The predicted octanol–water partition coefficient (Wildman–Crippen LogP) is 3.44. The van der Waals surface area contributed by atoms with Gasteiger partial charge in [-0.1, -0.05) is 19.8 Å². The van der Waals surface area contributed by atoms with Crippen molar-refractivity contribution in [3.05, 3.63) is 22.2 Å². The molecule has 0 unspecified atom stereocenters. The summed E-state index contributed by atoms with van der Waals surface area (Å²) >= 11 is 0. The molecule has 1 heterocycles. The lowest BCUT2D eigenvalue weighted by atomic mass is 10.1. The Balaban J connectivity index is 2.17. The van der Waals surface area contributed by atoms with Gasteiger partial charge < -0.3 is 10.2 Å². The Hall–Kier alpha value is -1.85. The van der Waals surface area contributed by atoms with Gasteiger partial charge in [0.15, 0.2) is 0 Å². The van der Waals surface area contributed by atoms with E-state index in [0.717, 1.165) is 19.5 Å². The Labute approximate surface area is 125 Å². The van der Waals surface area contributed by atoms with Gasteiger partial charge in [-0.15, -0.1) is 0 Å². The summed E-state index contributed by atoms with van der Waals surface area (Å²) in [5.41, 5.74) is 0.0811. The van der Waals surface area contributed by atoms with Crippen LogP contribution in [0.15, 0.2) is 12.1 Å². The molecule has 1 fully saturated rings. The smallest absolute Gasteiger partial charge is 0.311 e. The summed E-state index contributed by atoms with van der Waals surface area (Å²) in [7, 11) is 1.90. The van der Waals surface area contributed by atoms with Crippen molar-refractivity contribution in [2.45, 2.75) is 39.0 Å². The lowest BCUT2D eigenvalue weighted by Gasteiger charge is -2.22. The first kappa shape index (κ1) is 15.5. The molecule has 116 valence electrons. The highest BCUT2D eigenvalue weighted by molar-refractivity contribution is 5.61. The Morgan fingerprint density at radius 2 is 2.14 bits per heavy atom. The number of rotatable bonds is 7. The van der Waals surface area contributed by atoms with E-state index in [0.29, 0.717) is 17.6 Å². The monoisotopic (exact) mass is 292 g/mol. The topological polar surface area (TPSA) is 71.3 Å². The third kappa shape index (κ3) is 4.06. The molecule has 0 amide bonds. The molecule has 2 rings (SSSR count). The van der Waals surface area contributed by atoms with E-state index in [4.69, 9.17) is 0 Å². The minimum atomic E-state index is -0.350. The standard InChI is InChI=1S/C15H24N4O2/c1-3-10-16-14-9-8-13(19(20)21)15(17-14)18(2)11-12-6-4-5-7-12/h8-9,12H,3-7,10-11H2,1-2H3,(H,16,17). The van der Waals surface area contributed by atoms with Crippen LogP contribution in [0.5, 0.6) is 0 Å². The van der Waals surface area contributed by atoms with Gasteiger partial charge >= 0.3 is 5.69 Å². The summed E-state index contributed by atoms with van der Waals surface area (Å²) in [6.07, 6.45) is 5.96. The largest absolute Gasteiger partial charge is 0.370 e. The van der Waals surface area contributed by atoms with Crippen molar-refractivity contribution in [3.8, 4) is 0 Å². The normalized spacial score (nSPS) is 15.1. The summed E-state index contributed by atoms with van der Waals surface area (Å²) in [6, 6.07) is 3.23. The summed E-state index contributed by atoms with van der Waals surface area (Å²) in [5.74, 6) is 1.80. The fourth-order valence-electron chi connectivity index (χ4n) is 2.88. The van der Waals surface area contributed by atoms with Crippen molar-refractivity contribution in [1.29, 1.82) is 0 Å². The zero-order chi connectivity index (χ0) is 15.2. The Kier molecular flexibility index (Phi) is 5.36. The average molecular weight is 292 g/mol. The molecule has 1 N–H and O–H groups in total. The van der Waals surface area contributed by atoms with Crippen LogP contribution in [0.3, 0.4) is 0 Å². The molecule has 1 saturated carbocycles. The maximum Gasteiger partial charge on any atom is 0.311 e. The third-order valence-corrected chi connectivity index (χ3v) is 3.98. The zero-order valence-electron chi connectivity index (χ0n) is 12.8. The van der Waals surface area contributed by atoms with E-state index in [1.807, 2.05) is 11.9 Å². The molecule has 0 atom stereocenters. The van der Waals surface area contributed by atoms with Crippen molar-refractivity contribution in [2.75, 3.05) is 30.4 Å². The number of nitro groups is 1. The number of hydrogen-bond acceptors (Lipinski definition) is 5. The van der Waals surface area contributed by atoms with E-state index < -0.39 is 0 Å². The maximum atomic E-state index is 11.2. The highest BCUT2D eigenvalue weighted by Crippen LogP contribution is 2.30. The van der Waals surface area contributed by atoms with Crippen LogP contribution < -0.4 is 10.2 Å². The van der Waals surface area contributed by atoms with E-state index in [2.05, 4.69) is 17.2 Å². The third-order valence-electron chi connectivity index (χ3n) is 3.98. The van der Waals surface area contributed by atoms with Gasteiger partial charge in [-0.3, -0.25) is 10.1 Å². The molecule has 6 heteroatoms. The summed E-state index contributed by atoms with van der Waals surface area (Å²) in [5, 5.41) is 14.4. The van der Waals surface area contributed by atoms with Crippen molar-refractivity contribution in [2.24, 2.45) is 5.92 Å². The van der Waals surface area contributed by atoms with Gasteiger partial charge in [0.2, 0.25) is 5.82 Å². The molecule has 1 aromatic rings. The SMILES string of the molecule is CCCNc1ccc([N+](=O)[O-])c(N(C)CC2CCCC2)n1. The molecule has 0 aromatic carbocycles. The molecule has 21 heavy (non-hydrogen) atoms. The molecule has 0 saturated heterocycles. The molecule has 0 radical (unpaired) electrons. The quantitative estimate of drug-likeness (QED) is 0.615. The van der Waals surface area contributed by atoms with Crippen LogP contribution in [0.2, 0.25) is 0 Å². The molecular formula is C15H24N4O2. The lowest BCUT2D eigenvalue weighted by molar-refractivity contribution is -0.384. The summed E-state index contributed by atoms with van der Waals surface area (Å²) < 4.78 is 0. The summed E-state index contributed by atoms with van der Waals surface area (Å²) in [4.78, 5) is 17.2. The number of hydrogen-bond donors (Lipinski definition) is 1. The van der Waals surface area contributed by atoms with Crippen LogP contribution >= 0.6 is 0 Å². The van der Waals surface area contributed by atoms with Crippen LogP contribution in [0, 0.1) is 16.0 Å². The van der Waals surface area contributed by atoms with E-state index in [1.165, 1.54) is 25.7 Å². The highest BCUT2D eigenvalue weighted by atomic mass is 16.6. The van der Waals surface area contributed by atoms with Crippen LogP contribution in [-0.4, -0.2) is 30.0 Å². The average Bonchev–Trinajstić information content (AvgIpc) is 2.97. The molecule has 1 aliphatic carbocycles. The van der Waals surface area contributed by atoms with Crippen LogP contribution in [0.25, 0.3) is 0 Å². The first-order chi connectivity index (χ1) is 10.1. The van der Waals surface area contributed by atoms with Gasteiger partial charge in [0.05, 0.1) is 4.92 Å². The van der Waals surface area contributed by atoms with Crippen molar-refractivity contribution in [3.63, 3.8) is 0 Å². The van der Waals surface area contributed by atoms with Gasteiger partial charge in [0.1, 0.15) is 5.82 Å². The van der Waals surface area contributed by atoms with Gasteiger partial charge in [0, 0.05) is 26.2 Å². The fourth-order valence-corrected chi connectivity index (χ4v) is 2.88. The highest BCUT2D eigenvalue weighted by Gasteiger charge is 2.23. The second kappa shape index (κ2) is 7.24. The van der Waals surface area contributed by atoms with Crippen molar-refractivity contribution >= 4 is 17.3 Å². The van der Waals surface area contributed by atoms with Gasteiger partial charge in [-0.2, -0.15) is 0 Å². The van der Waals surface area contributed by atoms with Gasteiger partial charge in [0.25, 0.3) is 0 Å². The fraction of sp³-hybridized carbons (Fsp3) is 0.667. The molecule has 0 spiro atoms. The van der Waals surface area contributed by atoms with E-state index in [1.54, 1.807) is 12.1 Å². The van der Waals surface area contributed by atoms with Crippen LogP contribution in [0.4, 0.5) is 17.3 Å². The number of aromatic nitrogens is 1. The van der Waals surface area contributed by atoms with Crippen molar-refractivity contribution in [1.82, 2.24) is 4.98 Å². The summed E-state index contributed by atoms with van der Waals surface area (Å²) in [6.45, 7) is 3.73. The molecule has 0 bridgehead atoms. The first-order valence-electron chi connectivity index (χ1n) is 7.72. The Bertz CT molecular complexity index is 487. The number of nitrogens with zero attached hydrogens (tertiary/aromatic N) is 3. The van der Waals surface area contributed by atoms with Crippen molar-refractivity contribution < 1.29 is 4.92 Å². The number of nitrogens with one attached hydrogen (secondary N) is 1. The predicted molar refractivity (Wildman–Crippen MR) is 84.9 cm³/mol. The first-order valence-corrected chi connectivity index (χ1v) is 7.72. The Morgan fingerprint density at radius 1 is 1.43 bits per heavy atom. The molecule has 1 aliphatic rings. The molecule has 6 nitrogen and oxygen atoms in total. The molecular weight excluding hydrogens is 268 g/mol. The van der Waals surface area contributed by atoms with Crippen LogP contribution in [0.1, 0.15) is 39.0 Å². The number of pyridine rings is 1. The maximum absolute atomic E-state index is 11.2. The minimum absolute atomic E-state index is 0.0811. The van der Waals surface area contributed by atoms with E-state index in [-0.39, 0.29) is 10.6 Å². The van der Waals surface area contributed by atoms with E-state index in [9.17, 15) is 10.1 Å². The molecule has 1 aromatic heterocycles. The van der Waals surface area contributed by atoms with Crippen LogP contribution in [-0.2, 0) is 0 Å². The molecule has 0 aliphatic heterocycles. The Morgan fingerprint density at radius 3 is 2.76 bits per heavy atom. The second-order valence-electron chi connectivity index (χ2n) is 5.75. The van der Waals surface area contributed by atoms with Gasteiger partial charge in [-0.05, 0) is 31.2 Å². The zero-order valence-corrected chi connectivity index (χ0v) is 12.8. The van der Waals surface area contributed by atoms with E-state index >= 15 is 0 Å². The second-order valence-corrected chi connectivity index (χ2v) is 5.75. The lowest BCUT2D eigenvalue weighted by Crippen LogP contribution is -2.26. The van der Waals surface area contributed by atoms with Gasteiger partial charge in [-0.25, -0.2) is 4.98 Å². The number of anilines is 2. The minimum Gasteiger partial charge on any atom is -0.370 e.